The molecular formula is C28H43F. The van der Waals surface area contributed by atoms with Crippen molar-refractivity contribution in [3.05, 3.63) is 47.3 Å². The zero-order valence-corrected chi connectivity index (χ0v) is 19.0. The highest BCUT2D eigenvalue weighted by Crippen LogP contribution is 2.44. The van der Waals surface area contributed by atoms with Crippen molar-refractivity contribution in [2.45, 2.75) is 110 Å². The van der Waals surface area contributed by atoms with E-state index in [0.29, 0.717) is 5.92 Å². The van der Waals surface area contributed by atoms with Crippen LogP contribution in [-0.2, 0) is 6.42 Å². The van der Waals surface area contributed by atoms with Gasteiger partial charge in [-0.1, -0.05) is 76.7 Å². The summed E-state index contributed by atoms with van der Waals surface area (Å²) in [6.07, 6.45) is 22.2. The van der Waals surface area contributed by atoms with Crippen molar-refractivity contribution in [1.82, 2.24) is 0 Å². The van der Waals surface area contributed by atoms with Gasteiger partial charge in [0.15, 0.2) is 0 Å². The number of halogens is 1. The van der Waals surface area contributed by atoms with Gasteiger partial charge in [-0.2, -0.15) is 0 Å². The van der Waals surface area contributed by atoms with Crippen LogP contribution in [0.15, 0.2) is 30.4 Å². The van der Waals surface area contributed by atoms with Crippen molar-refractivity contribution < 1.29 is 4.39 Å². The number of rotatable bonds is 10. The summed E-state index contributed by atoms with van der Waals surface area (Å²) >= 11 is 0. The molecule has 2 aliphatic carbocycles. The van der Waals surface area contributed by atoms with Crippen molar-refractivity contribution >= 4 is 0 Å². The first kappa shape index (κ1) is 22.6. The summed E-state index contributed by atoms with van der Waals surface area (Å²) in [5.41, 5.74) is 2.22. The van der Waals surface area contributed by atoms with Crippen LogP contribution in [0.3, 0.4) is 0 Å². The summed E-state index contributed by atoms with van der Waals surface area (Å²) in [5.74, 6) is 3.05. The molecule has 0 aliphatic heterocycles. The lowest BCUT2D eigenvalue weighted by Gasteiger charge is -2.36. The van der Waals surface area contributed by atoms with E-state index in [-0.39, 0.29) is 5.82 Å². The van der Waals surface area contributed by atoms with Crippen molar-refractivity contribution in [2.24, 2.45) is 17.8 Å². The van der Waals surface area contributed by atoms with E-state index in [1.54, 1.807) is 0 Å². The van der Waals surface area contributed by atoms with Crippen LogP contribution in [0.4, 0.5) is 4.39 Å². The highest BCUT2D eigenvalue weighted by molar-refractivity contribution is 5.28. The Balaban J connectivity index is 1.70. The Labute approximate surface area is 179 Å². The Morgan fingerprint density at radius 3 is 2.41 bits per heavy atom. The van der Waals surface area contributed by atoms with Gasteiger partial charge in [0, 0.05) is 0 Å². The van der Waals surface area contributed by atoms with E-state index in [4.69, 9.17) is 0 Å². The minimum atomic E-state index is 0.0507. The summed E-state index contributed by atoms with van der Waals surface area (Å²) in [6, 6.07) is 6.32. The maximum absolute atomic E-state index is 15.0. The molecule has 0 aromatic heterocycles. The second-order valence-corrected chi connectivity index (χ2v) is 9.84. The highest BCUT2D eigenvalue weighted by atomic mass is 19.1. The first-order valence-corrected chi connectivity index (χ1v) is 12.6. The Morgan fingerprint density at radius 2 is 1.76 bits per heavy atom. The summed E-state index contributed by atoms with van der Waals surface area (Å²) in [5, 5.41) is 0. The Kier molecular flexibility index (Phi) is 9.28. The zero-order chi connectivity index (χ0) is 20.5. The van der Waals surface area contributed by atoms with Crippen LogP contribution >= 0.6 is 0 Å². The lowest BCUT2D eigenvalue weighted by atomic mass is 9.69. The molecule has 162 valence electrons. The minimum absolute atomic E-state index is 0.0507. The zero-order valence-electron chi connectivity index (χ0n) is 19.0. The molecule has 1 saturated carbocycles. The van der Waals surface area contributed by atoms with E-state index in [1.165, 1.54) is 82.6 Å². The second-order valence-electron chi connectivity index (χ2n) is 9.84. The molecule has 2 atom stereocenters. The number of aryl methyl sites for hydroxylation is 1. The molecule has 2 unspecified atom stereocenters. The van der Waals surface area contributed by atoms with Gasteiger partial charge in [-0.25, -0.2) is 4.39 Å². The van der Waals surface area contributed by atoms with E-state index in [2.05, 4.69) is 38.1 Å². The first-order valence-electron chi connectivity index (χ1n) is 12.6. The van der Waals surface area contributed by atoms with Gasteiger partial charge in [-0.3, -0.25) is 0 Å². The molecule has 1 heteroatoms. The smallest absolute Gasteiger partial charge is 0.126 e. The topological polar surface area (TPSA) is 0 Å². The molecule has 0 nitrogen and oxygen atoms in total. The van der Waals surface area contributed by atoms with Crippen LogP contribution in [0, 0.1) is 23.6 Å². The number of hydrogen-bond donors (Lipinski definition) is 0. The lowest BCUT2D eigenvalue weighted by molar-refractivity contribution is 0.215. The Morgan fingerprint density at radius 1 is 0.931 bits per heavy atom. The highest BCUT2D eigenvalue weighted by Gasteiger charge is 2.30. The molecule has 0 bridgehead atoms. The van der Waals surface area contributed by atoms with E-state index < -0.39 is 0 Å². The molecule has 0 heterocycles. The van der Waals surface area contributed by atoms with Gasteiger partial charge in [0.25, 0.3) is 0 Å². The lowest BCUT2D eigenvalue weighted by Crippen LogP contribution is -2.23. The molecular weight excluding hydrogens is 355 g/mol. The Hall–Kier alpha value is -1.11. The van der Waals surface area contributed by atoms with E-state index >= 15 is 0 Å². The van der Waals surface area contributed by atoms with Crippen molar-refractivity contribution in [2.75, 3.05) is 0 Å². The normalized spacial score (nSPS) is 25.8. The van der Waals surface area contributed by atoms with Crippen LogP contribution < -0.4 is 0 Å². The van der Waals surface area contributed by atoms with E-state index in [9.17, 15) is 4.39 Å². The van der Waals surface area contributed by atoms with Gasteiger partial charge in [0.1, 0.15) is 5.82 Å². The number of hydrogen-bond acceptors (Lipinski definition) is 0. The third-order valence-corrected chi connectivity index (χ3v) is 7.81. The number of benzene rings is 1. The van der Waals surface area contributed by atoms with Gasteiger partial charge in [0.05, 0.1) is 0 Å². The van der Waals surface area contributed by atoms with E-state index in [0.717, 1.165) is 36.2 Å². The number of allylic oxidation sites excluding steroid dienone is 2. The van der Waals surface area contributed by atoms with Gasteiger partial charge in [-0.15, -0.1) is 0 Å². The van der Waals surface area contributed by atoms with Crippen molar-refractivity contribution in [3.63, 3.8) is 0 Å². The van der Waals surface area contributed by atoms with E-state index in [1.807, 2.05) is 6.07 Å². The van der Waals surface area contributed by atoms with Crippen LogP contribution in [0.5, 0.6) is 0 Å². The maximum atomic E-state index is 15.0. The first-order chi connectivity index (χ1) is 14.2. The molecule has 29 heavy (non-hydrogen) atoms. The molecule has 1 aromatic carbocycles. The Bertz CT molecular complexity index is 623. The third-order valence-electron chi connectivity index (χ3n) is 7.81. The predicted octanol–water partition coefficient (Wildman–Crippen LogP) is 8.99. The molecule has 0 saturated heterocycles. The average Bonchev–Trinajstić information content (AvgIpc) is 2.77. The second kappa shape index (κ2) is 11.9. The molecule has 2 aliphatic rings. The summed E-state index contributed by atoms with van der Waals surface area (Å²) in [7, 11) is 0. The maximum Gasteiger partial charge on any atom is 0.126 e. The average molecular weight is 399 g/mol. The molecule has 1 aromatic rings. The fraction of sp³-hybridized carbons (Fsp3) is 0.714. The molecule has 0 amide bonds. The van der Waals surface area contributed by atoms with Crippen LogP contribution in [0.25, 0.3) is 0 Å². The third kappa shape index (κ3) is 6.69. The molecule has 1 fully saturated rings. The van der Waals surface area contributed by atoms with Crippen LogP contribution in [0.2, 0.25) is 0 Å². The SMILES string of the molecule is CCCCCCc1ccc(C(CC2CC=CCC2)C2CCC(CC)CC2)cc1F. The largest absolute Gasteiger partial charge is 0.207 e. The molecule has 0 spiro atoms. The van der Waals surface area contributed by atoms with Crippen molar-refractivity contribution in [3.8, 4) is 0 Å². The van der Waals surface area contributed by atoms with Gasteiger partial charge in [0.2, 0.25) is 0 Å². The molecule has 0 radical (unpaired) electrons. The van der Waals surface area contributed by atoms with Crippen LogP contribution in [-0.4, -0.2) is 0 Å². The number of unbranched alkanes of at least 4 members (excludes halogenated alkanes) is 3. The van der Waals surface area contributed by atoms with Gasteiger partial charge in [-0.05, 0) is 92.2 Å². The monoisotopic (exact) mass is 398 g/mol. The predicted molar refractivity (Wildman–Crippen MR) is 124 cm³/mol. The minimum Gasteiger partial charge on any atom is -0.207 e. The molecule has 0 N–H and O–H groups in total. The fourth-order valence-electron chi connectivity index (χ4n) is 5.77. The van der Waals surface area contributed by atoms with Gasteiger partial charge >= 0.3 is 0 Å². The standard InChI is InChI=1S/C28H43F/c1-3-5-6-10-13-25-18-19-26(21-28(25)29)27(20-23-11-8-7-9-12-23)24-16-14-22(4-2)15-17-24/h7-8,18-19,21-24,27H,3-6,9-17,20H2,1-2H3. The molecule has 3 rings (SSSR count). The summed E-state index contributed by atoms with van der Waals surface area (Å²) in [4.78, 5) is 0. The summed E-state index contributed by atoms with van der Waals surface area (Å²) in [6.45, 7) is 4.57. The van der Waals surface area contributed by atoms with Gasteiger partial charge < -0.3 is 0 Å². The van der Waals surface area contributed by atoms with Crippen LogP contribution in [0.1, 0.15) is 114 Å². The summed E-state index contributed by atoms with van der Waals surface area (Å²) < 4.78 is 15.0. The van der Waals surface area contributed by atoms with Crippen molar-refractivity contribution in [1.29, 1.82) is 0 Å². The fourth-order valence-corrected chi connectivity index (χ4v) is 5.77. The quantitative estimate of drug-likeness (QED) is 0.272.